The fourth-order valence-corrected chi connectivity index (χ4v) is 3.41. The maximum Gasteiger partial charge on any atom is 0.319 e. The van der Waals surface area contributed by atoms with Gasteiger partial charge in [0.25, 0.3) is 0 Å². The monoisotopic (exact) mass is 355 g/mol. The number of hydrogen-bond donors (Lipinski definition) is 2. The van der Waals surface area contributed by atoms with Crippen LogP contribution < -0.4 is 15.5 Å². The Bertz CT molecular complexity index is 745. The second kappa shape index (κ2) is 8.70. The van der Waals surface area contributed by atoms with E-state index < -0.39 is 0 Å². The van der Waals surface area contributed by atoms with Crippen molar-refractivity contribution in [2.75, 3.05) is 29.9 Å². The van der Waals surface area contributed by atoms with E-state index in [4.69, 9.17) is 0 Å². The third-order valence-electron chi connectivity index (χ3n) is 4.65. The van der Waals surface area contributed by atoms with Crippen molar-refractivity contribution in [1.82, 2.24) is 5.32 Å². The molecule has 0 aromatic heterocycles. The minimum absolute atomic E-state index is 0.274. The van der Waals surface area contributed by atoms with E-state index in [1.54, 1.807) is 12.1 Å². The summed E-state index contributed by atoms with van der Waals surface area (Å²) in [5.74, 6) is -0.319. The van der Waals surface area contributed by atoms with Gasteiger partial charge < -0.3 is 15.5 Å². The van der Waals surface area contributed by atoms with Crippen molar-refractivity contribution in [3.63, 3.8) is 0 Å². The molecule has 1 aliphatic heterocycles. The van der Waals surface area contributed by atoms with Crippen LogP contribution in [0.2, 0.25) is 0 Å². The molecule has 2 N–H and O–H groups in total. The van der Waals surface area contributed by atoms with Gasteiger partial charge in [-0.3, -0.25) is 0 Å². The van der Waals surface area contributed by atoms with E-state index in [-0.39, 0.29) is 11.8 Å². The van der Waals surface area contributed by atoms with Crippen molar-refractivity contribution in [2.24, 2.45) is 0 Å². The molecule has 0 unspecified atom stereocenters. The van der Waals surface area contributed by atoms with Crippen LogP contribution in [0, 0.1) is 5.82 Å². The lowest BCUT2D eigenvalue weighted by atomic mass is 9.98. The van der Waals surface area contributed by atoms with Gasteiger partial charge in [0, 0.05) is 31.0 Å². The zero-order chi connectivity index (χ0) is 18.4. The van der Waals surface area contributed by atoms with Crippen LogP contribution in [0.5, 0.6) is 0 Å². The van der Waals surface area contributed by atoms with E-state index in [2.05, 4.69) is 40.7 Å². The number of nitrogens with one attached hydrogen (secondary N) is 2. The number of amides is 2. The summed E-state index contributed by atoms with van der Waals surface area (Å²) in [4.78, 5) is 14.4. The van der Waals surface area contributed by atoms with Crippen LogP contribution in [0.1, 0.15) is 30.9 Å². The summed E-state index contributed by atoms with van der Waals surface area (Å²) < 4.78 is 12.9. The predicted octanol–water partition coefficient (Wildman–Crippen LogP) is 4.35. The number of nitrogens with zero attached hydrogens (tertiary/aromatic N) is 1. The third-order valence-corrected chi connectivity index (χ3v) is 4.65. The van der Waals surface area contributed by atoms with E-state index in [0.29, 0.717) is 12.2 Å². The first-order valence-electron chi connectivity index (χ1n) is 9.33. The summed E-state index contributed by atoms with van der Waals surface area (Å²) in [5.41, 5.74) is 4.60. The highest BCUT2D eigenvalue weighted by Gasteiger charge is 2.16. The van der Waals surface area contributed by atoms with Gasteiger partial charge in [-0.05, 0) is 67.1 Å². The molecule has 2 aromatic rings. The zero-order valence-corrected chi connectivity index (χ0v) is 15.2. The average Bonchev–Trinajstić information content (AvgIpc) is 2.64. The normalized spacial score (nSPS) is 13.2. The second-order valence-electron chi connectivity index (χ2n) is 6.69. The van der Waals surface area contributed by atoms with Crippen molar-refractivity contribution in [2.45, 2.75) is 32.6 Å². The number of carbonyl (C=O) groups is 1. The van der Waals surface area contributed by atoms with E-state index in [0.717, 1.165) is 32.4 Å². The predicted molar refractivity (Wildman–Crippen MR) is 104 cm³/mol. The summed E-state index contributed by atoms with van der Waals surface area (Å²) in [7, 11) is 0. The first kappa shape index (κ1) is 18.2. The van der Waals surface area contributed by atoms with Crippen molar-refractivity contribution in [1.29, 1.82) is 0 Å². The smallest absolute Gasteiger partial charge is 0.319 e. The Balaban J connectivity index is 1.50. The van der Waals surface area contributed by atoms with E-state index in [1.165, 1.54) is 35.4 Å². The van der Waals surface area contributed by atoms with E-state index in [9.17, 15) is 9.18 Å². The lowest BCUT2D eigenvalue weighted by Gasteiger charge is -2.31. The molecule has 2 amide bonds. The van der Waals surface area contributed by atoms with Gasteiger partial charge in [-0.25, -0.2) is 9.18 Å². The summed E-state index contributed by atoms with van der Waals surface area (Å²) in [6.45, 7) is 5.03. The molecule has 5 heteroatoms. The van der Waals surface area contributed by atoms with Gasteiger partial charge in [0.1, 0.15) is 5.82 Å². The van der Waals surface area contributed by atoms with Crippen LogP contribution in [0.4, 0.5) is 20.6 Å². The van der Waals surface area contributed by atoms with Crippen LogP contribution in [-0.4, -0.2) is 25.7 Å². The fraction of sp³-hybridized carbons (Fsp3) is 0.381. The molecule has 26 heavy (non-hydrogen) atoms. The highest BCUT2D eigenvalue weighted by atomic mass is 19.1. The maximum atomic E-state index is 12.9. The summed E-state index contributed by atoms with van der Waals surface area (Å²) in [6, 6.07) is 12.1. The van der Waals surface area contributed by atoms with Crippen molar-refractivity contribution in [3.8, 4) is 0 Å². The van der Waals surface area contributed by atoms with Gasteiger partial charge in [0.15, 0.2) is 0 Å². The molecule has 0 saturated carbocycles. The Kier molecular flexibility index (Phi) is 6.10. The molecule has 0 bridgehead atoms. The SMILES string of the molecule is CCCN1CCCc2cc(CCNC(=O)Nc3ccc(F)cc3)ccc21. The zero-order valence-electron chi connectivity index (χ0n) is 15.2. The van der Waals surface area contributed by atoms with Crippen molar-refractivity contribution in [3.05, 3.63) is 59.4 Å². The molecule has 2 aromatic carbocycles. The number of rotatable bonds is 6. The Hall–Kier alpha value is -2.56. The first-order valence-corrected chi connectivity index (χ1v) is 9.33. The number of hydrogen-bond acceptors (Lipinski definition) is 2. The summed E-state index contributed by atoms with van der Waals surface area (Å²) in [6.07, 6.45) is 4.28. The largest absolute Gasteiger partial charge is 0.371 e. The molecule has 0 atom stereocenters. The van der Waals surface area contributed by atoms with Gasteiger partial charge in [0.05, 0.1) is 0 Å². The molecule has 0 fully saturated rings. The minimum Gasteiger partial charge on any atom is -0.371 e. The van der Waals surface area contributed by atoms with Crippen LogP contribution >= 0.6 is 0 Å². The second-order valence-corrected chi connectivity index (χ2v) is 6.69. The molecular weight excluding hydrogens is 329 g/mol. The van der Waals surface area contributed by atoms with Crippen LogP contribution in [0.25, 0.3) is 0 Å². The molecule has 3 rings (SSSR count). The molecule has 1 heterocycles. The molecule has 0 spiro atoms. The maximum absolute atomic E-state index is 12.9. The van der Waals surface area contributed by atoms with E-state index >= 15 is 0 Å². The van der Waals surface area contributed by atoms with Gasteiger partial charge in [-0.15, -0.1) is 0 Å². The Morgan fingerprint density at radius 2 is 2.00 bits per heavy atom. The highest BCUT2D eigenvalue weighted by molar-refractivity contribution is 5.89. The number of aryl methyl sites for hydroxylation is 1. The Morgan fingerprint density at radius 1 is 1.19 bits per heavy atom. The fourth-order valence-electron chi connectivity index (χ4n) is 3.41. The average molecular weight is 355 g/mol. The first-order chi connectivity index (χ1) is 12.7. The van der Waals surface area contributed by atoms with Crippen molar-refractivity contribution < 1.29 is 9.18 Å². The van der Waals surface area contributed by atoms with Crippen molar-refractivity contribution >= 4 is 17.4 Å². The number of anilines is 2. The highest BCUT2D eigenvalue weighted by Crippen LogP contribution is 2.28. The minimum atomic E-state index is -0.319. The molecule has 0 saturated heterocycles. The lowest BCUT2D eigenvalue weighted by Crippen LogP contribution is -2.31. The van der Waals surface area contributed by atoms with Crippen LogP contribution in [0.15, 0.2) is 42.5 Å². The topological polar surface area (TPSA) is 44.4 Å². The molecule has 0 radical (unpaired) electrons. The van der Waals surface area contributed by atoms with Gasteiger partial charge in [-0.2, -0.15) is 0 Å². The van der Waals surface area contributed by atoms with Gasteiger partial charge in [0.2, 0.25) is 0 Å². The standard InChI is InChI=1S/C21H26FN3O/c1-2-13-25-14-3-4-17-15-16(5-10-20(17)25)11-12-23-21(26)24-19-8-6-18(22)7-9-19/h5-10,15H,2-4,11-14H2,1H3,(H2,23,24,26). The Morgan fingerprint density at radius 3 is 2.77 bits per heavy atom. The quantitative estimate of drug-likeness (QED) is 0.809. The number of fused-ring (bicyclic) bond motifs is 1. The van der Waals surface area contributed by atoms with Crippen LogP contribution in [0.3, 0.4) is 0 Å². The molecular formula is C21H26FN3O. The molecule has 138 valence electrons. The van der Waals surface area contributed by atoms with Crippen LogP contribution in [-0.2, 0) is 12.8 Å². The molecule has 0 aliphatic carbocycles. The van der Waals surface area contributed by atoms with E-state index in [1.807, 2.05) is 0 Å². The number of urea groups is 1. The molecule has 4 nitrogen and oxygen atoms in total. The Labute approximate surface area is 154 Å². The summed E-state index contributed by atoms with van der Waals surface area (Å²) in [5, 5.41) is 5.55. The van der Waals surface area contributed by atoms with Gasteiger partial charge in [-0.1, -0.05) is 19.1 Å². The van der Waals surface area contributed by atoms with Gasteiger partial charge >= 0.3 is 6.03 Å². The summed E-state index contributed by atoms with van der Waals surface area (Å²) >= 11 is 0. The number of carbonyl (C=O) groups excluding carboxylic acids is 1. The lowest BCUT2D eigenvalue weighted by molar-refractivity contribution is 0.252. The molecule has 1 aliphatic rings. The third kappa shape index (κ3) is 4.75. The number of benzene rings is 2. The number of halogens is 1.